The van der Waals surface area contributed by atoms with Gasteiger partial charge in [-0.1, -0.05) is 18.2 Å². The standard InChI is InChI=1S/C12H14ClNO2S/c1-3-16-12(15)8(2)7-17-11-6-9(14)4-5-10(11)13/h4-6H,2-3,7,14H2,1H3. The van der Waals surface area contributed by atoms with Crippen LogP contribution in [0.15, 0.2) is 35.2 Å². The number of carbonyl (C=O) groups excluding carboxylic acids is 1. The lowest BCUT2D eigenvalue weighted by Crippen LogP contribution is -2.08. The van der Waals surface area contributed by atoms with Crippen LogP contribution in [0.3, 0.4) is 0 Å². The fraction of sp³-hybridized carbons (Fsp3) is 0.250. The Kier molecular flexibility index (Phi) is 5.38. The molecule has 1 aromatic carbocycles. The number of halogens is 1. The Bertz CT molecular complexity index is 435. The predicted octanol–water partition coefficient (Wildman–Crippen LogP) is 3.13. The molecule has 92 valence electrons. The molecular weight excluding hydrogens is 258 g/mol. The number of thioether (sulfide) groups is 1. The van der Waals surface area contributed by atoms with Gasteiger partial charge in [0.1, 0.15) is 0 Å². The van der Waals surface area contributed by atoms with Crippen LogP contribution in [0.1, 0.15) is 6.92 Å². The topological polar surface area (TPSA) is 52.3 Å². The lowest BCUT2D eigenvalue weighted by molar-refractivity contribution is -0.138. The van der Waals surface area contributed by atoms with E-state index in [4.69, 9.17) is 22.1 Å². The van der Waals surface area contributed by atoms with E-state index < -0.39 is 0 Å². The Morgan fingerprint density at radius 3 is 2.94 bits per heavy atom. The van der Waals surface area contributed by atoms with Gasteiger partial charge >= 0.3 is 5.97 Å². The van der Waals surface area contributed by atoms with Crippen LogP contribution in [0.2, 0.25) is 5.02 Å². The number of ether oxygens (including phenoxy) is 1. The van der Waals surface area contributed by atoms with Crippen LogP contribution in [0.25, 0.3) is 0 Å². The first-order valence-corrected chi connectivity index (χ1v) is 6.43. The number of anilines is 1. The highest BCUT2D eigenvalue weighted by atomic mass is 35.5. The molecule has 0 fully saturated rings. The van der Waals surface area contributed by atoms with E-state index in [0.29, 0.717) is 28.6 Å². The number of hydrogen-bond acceptors (Lipinski definition) is 4. The Hall–Kier alpha value is -1.13. The van der Waals surface area contributed by atoms with Crippen LogP contribution < -0.4 is 5.73 Å². The van der Waals surface area contributed by atoms with Gasteiger partial charge in [0.2, 0.25) is 0 Å². The van der Waals surface area contributed by atoms with E-state index in [2.05, 4.69) is 6.58 Å². The van der Waals surface area contributed by atoms with Gasteiger partial charge in [-0.2, -0.15) is 0 Å². The maximum Gasteiger partial charge on any atom is 0.334 e. The van der Waals surface area contributed by atoms with Crippen molar-refractivity contribution in [2.45, 2.75) is 11.8 Å². The van der Waals surface area contributed by atoms with Gasteiger partial charge in [-0.15, -0.1) is 11.8 Å². The second-order valence-electron chi connectivity index (χ2n) is 3.30. The first-order chi connectivity index (χ1) is 8.04. The third-order valence-electron chi connectivity index (χ3n) is 1.92. The van der Waals surface area contributed by atoms with Crippen LogP contribution in [0.5, 0.6) is 0 Å². The number of nitrogen functional groups attached to an aromatic ring is 1. The highest BCUT2D eigenvalue weighted by Crippen LogP contribution is 2.30. The summed E-state index contributed by atoms with van der Waals surface area (Å²) >= 11 is 7.41. The van der Waals surface area contributed by atoms with Crippen molar-refractivity contribution in [1.82, 2.24) is 0 Å². The number of esters is 1. The minimum absolute atomic E-state index is 0.349. The average molecular weight is 272 g/mol. The zero-order valence-corrected chi connectivity index (χ0v) is 11.1. The van der Waals surface area contributed by atoms with Gasteiger partial charge in [-0.3, -0.25) is 0 Å². The molecule has 1 rings (SSSR count). The highest BCUT2D eigenvalue weighted by molar-refractivity contribution is 7.99. The fourth-order valence-corrected chi connectivity index (χ4v) is 2.24. The third-order valence-corrected chi connectivity index (χ3v) is 3.50. The number of nitrogens with two attached hydrogens (primary N) is 1. The highest BCUT2D eigenvalue weighted by Gasteiger charge is 2.09. The van der Waals surface area contributed by atoms with Crippen molar-refractivity contribution in [2.24, 2.45) is 0 Å². The largest absolute Gasteiger partial charge is 0.463 e. The summed E-state index contributed by atoms with van der Waals surface area (Å²) in [5, 5.41) is 0.612. The molecule has 0 radical (unpaired) electrons. The Morgan fingerprint density at radius 1 is 1.59 bits per heavy atom. The zero-order chi connectivity index (χ0) is 12.8. The number of carbonyl (C=O) groups is 1. The summed E-state index contributed by atoms with van der Waals surface area (Å²) in [5.41, 5.74) is 6.71. The maximum atomic E-state index is 11.3. The molecule has 0 aliphatic rings. The van der Waals surface area contributed by atoms with Crippen LogP contribution in [-0.4, -0.2) is 18.3 Å². The van der Waals surface area contributed by atoms with Crippen LogP contribution in [0.4, 0.5) is 5.69 Å². The molecule has 0 spiro atoms. The van der Waals surface area contributed by atoms with Gasteiger partial charge in [0.05, 0.1) is 11.6 Å². The quantitative estimate of drug-likeness (QED) is 0.387. The molecule has 0 saturated carbocycles. The number of benzene rings is 1. The van der Waals surface area contributed by atoms with Gasteiger partial charge in [0.25, 0.3) is 0 Å². The molecule has 0 bridgehead atoms. The molecule has 17 heavy (non-hydrogen) atoms. The van der Waals surface area contributed by atoms with Crippen LogP contribution in [-0.2, 0) is 9.53 Å². The van der Waals surface area contributed by atoms with Crippen molar-refractivity contribution >= 4 is 35.0 Å². The normalized spacial score (nSPS) is 10.0. The van der Waals surface area contributed by atoms with E-state index in [9.17, 15) is 4.79 Å². The molecule has 5 heteroatoms. The molecule has 1 aromatic rings. The summed E-state index contributed by atoms with van der Waals surface area (Å²) in [7, 11) is 0. The van der Waals surface area contributed by atoms with E-state index in [1.807, 2.05) is 0 Å². The summed E-state index contributed by atoms with van der Waals surface area (Å²) in [6, 6.07) is 5.23. The molecular formula is C12H14ClNO2S. The average Bonchev–Trinajstić information content (AvgIpc) is 2.30. The monoisotopic (exact) mass is 271 g/mol. The Morgan fingerprint density at radius 2 is 2.29 bits per heavy atom. The molecule has 0 aliphatic heterocycles. The zero-order valence-electron chi connectivity index (χ0n) is 9.53. The van der Waals surface area contributed by atoms with Crippen LogP contribution in [0, 0.1) is 0 Å². The molecule has 0 saturated heterocycles. The van der Waals surface area contributed by atoms with Gasteiger partial charge < -0.3 is 10.5 Å². The summed E-state index contributed by atoms with van der Waals surface area (Å²) < 4.78 is 4.84. The van der Waals surface area contributed by atoms with E-state index in [1.54, 1.807) is 25.1 Å². The van der Waals surface area contributed by atoms with Crippen molar-refractivity contribution in [3.8, 4) is 0 Å². The molecule has 0 unspecified atom stereocenters. The lowest BCUT2D eigenvalue weighted by Gasteiger charge is -2.07. The second kappa shape index (κ2) is 6.57. The summed E-state index contributed by atoms with van der Waals surface area (Å²) in [6.07, 6.45) is 0. The fourth-order valence-electron chi connectivity index (χ4n) is 1.09. The van der Waals surface area contributed by atoms with Gasteiger partial charge in [0.15, 0.2) is 0 Å². The van der Waals surface area contributed by atoms with E-state index in [1.165, 1.54) is 11.8 Å². The molecule has 0 amide bonds. The van der Waals surface area contributed by atoms with E-state index in [0.717, 1.165) is 4.90 Å². The third kappa shape index (κ3) is 4.32. The lowest BCUT2D eigenvalue weighted by atomic mass is 10.3. The first-order valence-electron chi connectivity index (χ1n) is 5.07. The van der Waals surface area contributed by atoms with Crippen molar-refractivity contribution in [1.29, 1.82) is 0 Å². The minimum Gasteiger partial charge on any atom is -0.463 e. The summed E-state index contributed by atoms with van der Waals surface area (Å²) in [4.78, 5) is 12.2. The van der Waals surface area contributed by atoms with E-state index >= 15 is 0 Å². The Labute approximate surface area is 110 Å². The first kappa shape index (κ1) is 13.9. The number of hydrogen-bond donors (Lipinski definition) is 1. The molecule has 3 nitrogen and oxygen atoms in total. The maximum absolute atomic E-state index is 11.3. The molecule has 0 heterocycles. The summed E-state index contributed by atoms with van der Waals surface area (Å²) in [6.45, 7) is 5.78. The Balaban J connectivity index is 2.58. The van der Waals surface area contributed by atoms with Crippen molar-refractivity contribution < 1.29 is 9.53 Å². The minimum atomic E-state index is -0.375. The smallest absolute Gasteiger partial charge is 0.334 e. The SMILES string of the molecule is C=C(CSc1cc(N)ccc1Cl)C(=O)OCC. The van der Waals surface area contributed by atoms with Gasteiger partial charge in [-0.25, -0.2) is 4.79 Å². The molecule has 0 atom stereocenters. The molecule has 2 N–H and O–H groups in total. The molecule has 0 aliphatic carbocycles. The number of rotatable bonds is 5. The van der Waals surface area contributed by atoms with Gasteiger partial charge in [0, 0.05) is 21.9 Å². The predicted molar refractivity (Wildman–Crippen MR) is 72.4 cm³/mol. The van der Waals surface area contributed by atoms with E-state index in [-0.39, 0.29) is 5.97 Å². The van der Waals surface area contributed by atoms with Crippen molar-refractivity contribution in [2.75, 3.05) is 18.1 Å². The van der Waals surface area contributed by atoms with Crippen molar-refractivity contribution in [3.63, 3.8) is 0 Å². The van der Waals surface area contributed by atoms with Crippen molar-refractivity contribution in [3.05, 3.63) is 35.4 Å². The van der Waals surface area contributed by atoms with Crippen LogP contribution >= 0.6 is 23.4 Å². The summed E-state index contributed by atoms with van der Waals surface area (Å²) in [5.74, 6) is 0.0576. The molecule has 0 aromatic heterocycles. The van der Waals surface area contributed by atoms with Gasteiger partial charge in [-0.05, 0) is 25.1 Å². The second-order valence-corrected chi connectivity index (χ2v) is 4.73.